The van der Waals surface area contributed by atoms with Gasteiger partial charge in [-0.25, -0.2) is 0 Å². The zero-order valence-electron chi connectivity index (χ0n) is 17.8. The van der Waals surface area contributed by atoms with E-state index in [1.807, 2.05) is 60.0 Å². The lowest BCUT2D eigenvalue weighted by Crippen LogP contribution is -2.45. The number of aromatic nitrogens is 1. The van der Waals surface area contributed by atoms with Gasteiger partial charge in [0.2, 0.25) is 5.91 Å². The average molecular weight is 521 g/mol. The number of fused-ring (bicyclic) bond motifs is 5. The number of carbonyl (C=O) groups excluding carboxylic acids is 1. The Hall–Kier alpha value is -2.44. The van der Waals surface area contributed by atoms with Crippen molar-refractivity contribution in [1.29, 1.82) is 0 Å². The predicted molar refractivity (Wildman–Crippen MR) is 134 cm³/mol. The van der Waals surface area contributed by atoms with Crippen LogP contribution >= 0.6 is 22.6 Å². The third-order valence-corrected chi connectivity index (χ3v) is 6.90. The van der Waals surface area contributed by atoms with Gasteiger partial charge in [0.25, 0.3) is 0 Å². The van der Waals surface area contributed by atoms with Crippen LogP contribution in [0.5, 0.6) is 0 Å². The van der Waals surface area contributed by atoms with E-state index in [0.717, 1.165) is 42.4 Å². The van der Waals surface area contributed by atoms with E-state index in [4.69, 9.17) is 0 Å². The highest BCUT2D eigenvalue weighted by Crippen LogP contribution is 2.50. The van der Waals surface area contributed by atoms with Gasteiger partial charge in [0.15, 0.2) is 0 Å². The topological polar surface area (TPSA) is 42.2 Å². The molecule has 1 aromatic heterocycles. The summed E-state index contributed by atoms with van der Waals surface area (Å²) in [5, 5.41) is 11.8. The molecule has 1 aliphatic rings. The minimum Gasteiger partial charge on any atom is -0.390 e. The van der Waals surface area contributed by atoms with Gasteiger partial charge in [0.05, 0.1) is 22.2 Å². The molecule has 0 radical (unpaired) electrons. The summed E-state index contributed by atoms with van der Waals surface area (Å²) in [6.07, 6.45) is 0.347. The molecule has 3 aromatic carbocycles. The first-order valence-corrected chi connectivity index (χ1v) is 11.5. The number of rotatable bonds is 3. The molecule has 0 spiro atoms. The summed E-state index contributed by atoms with van der Waals surface area (Å²) >= 11 is 2.33. The quantitative estimate of drug-likeness (QED) is 0.307. The van der Waals surface area contributed by atoms with Crippen molar-refractivity contribution in [2.75, 3.05) is 0 Å². The van der Waals surface area contributed by atoms with Crippen LogP contribution in [0.15, 0.2) is 72.8 Å². The molecule has 156 valence electrons. The average Bonchev–Trinajstić information content (AvgIpc) is 3.06. The van der Waals surface area contributed by atoms with Gasteiger partial charge >= 0.3 is 0 Å². The third-order valence-electron chi connectivity index (χ3n) is 6.23. The fourth-order valence-corrected chi connectivity index (χ4v) is 5.69. The van der Waals surface area contributed by atoms with E-state index in [9.17, 15) is 9.90 Å². The summed E-state index contributed by atoms with van der Waals surface area (Å²) in [5.74, 6) is 0.0108. The molecule has 0 saturated heterocycles. The van der Waals surface area contributed by atoms with E-state index in [1.54, 1.807) is 13.8 Å². The Morgan fingerprint density at radius 1 is 1.00 bits per heavy atom. The molecule has 1 aliphatic heterocycles. The summed E-state index contributed by atoms with van der Waals surface area (Å²) in [6, 6.07) is 24.7. The predicted octanol–water partition coefficient (Wildman–Crippen LogP) is 6.65. The van der Waals surface area contributed by atoms with Crippen LogP contribution in [0.4, 0.5) is 0 Å². The fraction of sp³-hybridized carbons (Fsp3) is 0.222. The summed E-state index contributed by atoms with van der Waals surface area (Å²) < 4.78 is 3.02. The van der Waals surface area contributed by atoms with Crippen LogP contribution in [0.25, 0.3) is 33.3 Å². The Labute approximate surface area is 195 Å². The largest absolute Gasteiger partial charge is 0.390 e. The highest BCUT2D eigenvalue weighted by molar-refractivity contribution is 14.1. The molecule has 4 aromatic rings. The van der Waals surface area contributed by atoms with E-state index < -0.39 is 11.0 Å². The van der Waals surface area contributed by atoms with Crippen LogP contribution in [0, 0.1) is 3.57 Å². The molecule has 0 amide bonds. The van der Waals surface area contributed by atoms with E-state index >= 15 is 0 Å². The minimum atomic E-state index is -0.977. The molecule has 31 heavy (non-hydrogen) atoms. The van der Waals surface area contributed by atoms with Crippen LogP contribution in [-0.4, -0.2) is 21.2 Å². The van der Waals surface area contributed by atoms with Crippen molar-refractivity contribution in [2.24, 2.45) is 0 Å². The van der Waals surface area contributed by atoms with Gasteiger partial charge in [0, 0.05) is 20.1 Å². The first-order valence-electron chi connectivity index (χ1n) is 10.5. The fourth-order valence-electron chi connectivity index (χ4n) is 5.20. The molecule has 4 heteroatoms. The van der Waals surface area contributed by atoms with E-state index in [1.165, 1.54) is 0 Å². The van der Waals surface area contributed by atoms with Gasteiger partial charge in [-0.05, 0) is 79.1 Å². The molecule has 5 rings (SSSR count). The molecule has 0 saturated carbocycles. The third kappa shape index (κ3) is 3.15. The number of nitrogens with zero attached hydrogens (tertiary/aromatic N) is 1. The molecule has 0 fully saturated rings. The standard InChI is InChI=1S/C27H24INO2/c1-26(2,31)16-27(3)21-12-8-7-11-19(21)24-23(17-9-5-4-6-10-17)20-15-18(28)13-14-22(20)29(24)25(27)30/h4-15,31H,16H2,1-3H3/t27-/m1/s1. The normalized spacial score (nSPS) is 18.2. The maximum Gasteiger partial charge on any atom is 0.242 e. The second-order valence-corrected chi connectivity index (χ2v) is 10.5. The first kappa shape index (κ1) is 20.5. The zero-order chi connectivity index (χ0) is 22.0. The Morgan fingerprint density at radius 2 is 1.68 bits per heavy atom. The monoisotopic (exact) mass is 521 g/mol. The van der Waals surface area contributed by atoms with Crippen molar-refractivity contribution in [1.82, 2.24) is 4.57 Å². The number of carbonyl (C=O) groups is 1. The molecule has 2 heterocycles. The number of hydrogen-bond donors (Lipinski definition) is 1. The van der Waals surface area contributed by atoms with E-state index in [2.05, 4.69) is 46.9 Å². The van der Waals surface area contributed by atoms with Crippen LogP contribution < -0.4 is 0 Å². The Morgan fingerprint density at radius 3 is 2.39 bits per heavy atom. The van der Waals surface area contributed by atoms with Crippen molar-refractivity contribution in [3.63, 3.8) is 0 Å². The molecular formula is C27H24INO2. The van der Waals surface area contributed by atoms with Crippen LogP contribution in [-0.2, 0) is 5.41 Å². The molecule has 3 nitrogen and oxygen atoms in total. The smallest absolute Gasteiger partial charge is 0.242 e. The zero-order valence-corrected chi connectivity index (χ0v) is 20.0. The Balaban J connectivity index is 1.94. The maximum atomic E-state index is 14.2. The van der Waals surface area contributed by atoms with Crippen molar-refractivity contribution >= 4 is 39.4 Å². The van der Waals surface area contributed by atoms with Crippen molar-refractivity contribution < 1.29 is 9.90 Å². The number of hydrogen-bond acceptors (Lipinski definition) is 2. The lowest BCUT2D eigenvalue weighted by molar-refractivity contribution is 0.0378. The van der Waals surface area contributed by atoms with Crippen LogP contribution in [0.2, 0.25) is 0 Å². The second-order valence-electron chi connectivity index (χ2n) is 9.26. The highest BCUT2D eigenvalue weighted by Gasteiger charge is 2.47. The van der Waals surface area contributed by atoms with Gasteiger partial charge in [-0.2, -0.15) is 0 Å². The van der Waals surface area contributed by atoms with Gasteiger partial charge in [0.1, 0.15) is 0 Å². The molecule has 0 unspecified atom stereocenters. The molecular weight excluding hydrogens is 497 g/mol. The molecule has 1 N–H and O–H groups in total. The van der Waals surface area contributed by atoms with Gasteiger partial charge < -0.3 is 5.11 Å². The number of halogens is 1. The van der Waals surface area contributed by atoms with Gasteiger partial charge in [-0.3, -0.25) is 9.36 Å². The number of aliphatic hydroxyl groups is 1. The van der Waals surface area contributed by atoms with Crippen molar-refractivity contribution in [3.05, 3.63) is 81.9 Å². The minimum absolute atomic E-state index is 0.0108. The van der Waals surface area contributed by atoms with Crippen LogP contribution in [0.1, 0.15) is 37.6 Å². The van der Waals surface area contributed by atoms with Crippen molar-refractivity contribution in [2.45, 2.75) is 38.2 Å². The first-order chi connectivity index (χ1) is 14.7. The molecule has 0 aliphatic carbocycles. The summed E-state index contributed by atoms with van der Waals surface area (Å²) in [4.78, 5) is 14.2. The summed E-state index contributed by atoms with van der Waals surface area (Å²) in [6.45, 7) is 5.51. The van der Waals surface area contributed by atoms with Gasteiger partial charge in [-0.15, -0.1) is 0 Å². The molecule has 0 bridgehead atoms. The Bertz CT molecular complexity index is 1330. The van der Waals surface area contributed by atoms with Crippen molar-refractivity contribution in [3.8, 4) is 22.4 Å². The van der Waals surface area contributed by atoms with Gasteiger partial charge in [-0.1, -0.05) is 54.6 Å². The second kappa shape index (κ2) is 7.04. The lowest BCUT2D eigenvalue weighted by Gasteiger charge is -2.39. The van der Waals surface area contributed by atoms with E-state index in [0.29, 0.717) is 6.42 Å². The number of benzene rings is 3. The SMILES string of the molecule is CC(C)(O)C[C@@]1(C)C(=O)n2c(c(-c3ccccc3)c3cc(I)ccc32)-c2ccccc21. The highest BCUT2D eigenvalue weighted by atomic mass is 127. The lowest BCUT2D eigenvalue weighted by atomic mass is 9.70. The Kier molecular flexibility index (Phi) is 4.65. The summed E-state index contributed by atoms with van der Waals surface area (Å²) in [5.41, 5.74) is 4.26. The summed E-state index contributed by atoms with van der Waals surface area (Å²) in [7, 11) is 0. The molecule has 1 atom stereocenters. The van der Waals surface area contributed by atoms with Crippen LogP contribution in [0.3, 0.4) is 0 Å². The van der Waals surface area contributed by atoms with E-state index in [-0.39, 0.29) is 5.91 Å². The maximum absolute atomic E-state index is 14.2.